The average molecular weight is 505 g/mol. The fourth-order valence-electron chi connectivity index (χ4n) is 3.81. The molecular formula is C30H28N6O2. The van der Waals surface area contributed by atoms with Crippen molar-refractivity contribution in [2.45, 2.75) is 20.4 Å². The molecule has 0 bridgehead atoms. The summed E-state index contributed by atoms with van der Waals surface area (Å²) in [7, 11) is 0. The van der Waals surface area contributed by atoms with E-state index in [0.717, 1.165) is 39.2 Å². The number of hydrogen-bond donors (Lipinski definition) is 3. The van der Waals surface area contributed by atoms with Crippen LogP contribution >= 0.6 is 0 Å². The second-order valence-electron chi connectivity index (χ2n) is 8.10. The largest absolute Gasteiger partial charge is 0.355 e. The number of nitroso groups, excluding NO2 is 1. The van der Waals surface area contributed by atoms with E-state index in [4.69, 9.17) is 0 Å². The van der Waals surface area contributed by atoms with Crippen molar-refractivity contribution < 1.29 is 4.79 Å². The Balaban J connectivity index is 0.00000164. The van der Waals surface area contributed by atoms with Gasteiger partial charge in [-0.2, -0.15) is 4.91 Å². The minimum Gasteiger partial charge on any atom is -0.355 e. The van der Waals surface area contributed by atoms with Crippen LogP contribution in [0.4, 0.5) is 28.4 Å². The third-order valence-corrected chi connectivity index (χ3v) is 5.57. The molecule has 0 aliphatic rings. The van der Waals surface area contributed by atoms with Crippen molar-refractivity contribution in [3.05, 3.63) is 120 Å². The Morgan fingerprint density at radius 2 is 1.50 bits per heavy atom. The lowest BCUT2D eigenvalue weighted by molar-refractivity contribution is 0.102. The summed E-state index contributed by atoms with van der Waals surface area (Å²) in [5, 5.41) is 13.4. The number of benzene rings is 3. The number of rotatable bonds is 8. The van der Waals surface area contributed by atoms with E-state index in [2.05, 4.69) is 31.1 Å². The van der Waals surface area contributed by atoms with E-state index in [9.17, 15) is 9.70 Å². The van der Waals surface area contributed by atoms with Gasteiger partial charge in [0.2, 0.25) is 0 Å². The van der Waals surface area contributed by atoms with Crippen LogP contribution in [0.5, 0.6) is 0 Å². The Hall–Kier alpha value is -5.11. The molecular weight excluding hydrogens is 476 g/mol. The molecule has 0 fully saturated rings. The number of carbonyl (C=O) groups is 1. The van der Waals surface area contributed by atoms with Crippen LogP contribution in [0.1, 0.15) is 29.8 Å². The summed E-state index contributed by atoms with van der Waals surface area (Å²) in [4.78, 5) is 32.0. The molecule has 0 aliphatic carbocycles. The maximum absolute atomic E-state index is 12.9. The summed E-state index contributed by atoms with van der Waals surface area (Å²) < 4.78 is 0. The fourth-order valence-corrected chi connectivity index (χ4v) is 3.81. The lowest BCUT2D eigenvalue weighted by atomic mass is 10.1. The molecule has 2 aromatic heterocycles. The van der Waals surface area contributed by atoms with Gasteiger partial charge in [0.05, 0.1) is 5.52 Å². The van der Waals surface area contributed by atoms with Crippen LogP contribution in [0.25, 0.3) is 10.9 Å². The standard InChI is InChI=1S/C28H22N6O2.C2H6/c35-28(34-22-7-5-21(6-8-22)32-23-10-13-29-14-11-23)20-2-1-3-24(17-20)33-27-12-15-30-26-9-4-19(18-31-36)16-25(26)27;1-2/h1-17H,18H2,(H,29,32)(H,30,33)(H,34,35);1-2H3. The van der Waals surface area contributed by atoms with Crippen molar-refractivity contribution in [2.75, 3.05) is 16.0 Å². The molecule has 3 aromatic carbocycles. The number of carbonyl (C=O) groups excluding carboxylic acids is 1. The zero-order valence-electron chi connectivity index (χ0n) is 21.2. The first-order valence-electron chi connectivity index (χ1n) is 12.3. The number of nitrogens with zero attached hydrogens (tertiary/aromatic N) is 3. The minimum absolute atomic E-state index is 0.0979. The first kappa shape index (κ1) is 26.0. The van der Waals surface area contributed by atoms with Crippen LogP contribution < -0.4 is 16.0 Å². The Labute approximate surface area is 221 Å². The van der Waals surface area contributed by atoms with E-state index in [-0.39, 0.29) is 12.5 Å². The molecule has 1 amide bonds. The van der Waals surface area contributed by atoms with E-state index < -0.39 is 0 Å². The molecule has 8 nitrogen and oxygen atoms in total. The van der Waals surface area contributed by atoms with Gasteiger partial charge in [-0.15, -0.1) is 0 Å². The van der Waals surface area contributed by atoms with Gasteiger partial charge in [0, 0.05) is 58.0 Å². The lowest BCUT2D eigenvalue weighted by Gasteiger charge is -2.12. The summed E-state index contributed by atoms with van der Waals surface area (Å²) in [6, 6.07) is 26.0. The first-order chi connectivity index (χ1) is 18.7. The van der Waals surface area contributed by atoms with Gasteiger partial charge in [-0.3, -0.25) is 14.8 Å². The van der Waals surface area contributed by atoms with E-state index in [1.165, 1.54) is 0 Å². The quantitative estimate of drug-likeness (QED) is 0.187. The fraction of sp³-hybridized carbons (Fsp3) is 0.100. The SMILES string of the molecule is CC.O=NCc1ccc2nccc(Nc3cccc(C(=O)Nc4ccc(Nc5ccncc5)cc4)c3)c2c1. The van der Waals surface area contributed by atoms with Crippen LogP contribution in [0, 0.1) is 4.91 Å². The normalized spacial score (nSPS) is 10.2. The van der Waals surface area contributed by atoms with Crippen LogP contribution in [-0.2, 0) is 6.54 Å². The van der Waals surface area contributed by atoms with E-state index in [1.807, 2.05) is 86.6 Å². The zero-order chi connectivity index (χ0) is 26.7. The Kier molecular flexibility index (Phi) is 8.70. The van der Waals surface area contributed by atoms with Gasteiger partial charge in [0.1, 0.15) is 6.54 Å². The van der Waals surface area contributed by atoms with E-state index in [1.54, 1.807) is 30.7 Å². The molecule has 8 heteroatoms. The lowest BCUT2D eigenvalue weighted by Crippen LogP contribution is -2.12. The topological polar surface area (TPSA) is 108 Å². The highest BCUT2D eigenvalue weighted by atomic mass is 16.3. The summed E-state index contributed by atoms with van der Waals surface area (Å²) in [6.45, 7) is 4.10. The molecule has 190 valence electrons. The molecule has 3 N–H and O–H groups in total. The highest BCUT2D eigenvalue weighted by Gasteiger charge is 2.09. The molecule has 0 unspecified atom stereocenters. The molecule has 0 saturated heterocycles. The molecule has 0 aliphatic heterocycles. The van der Waals surface area contributed by atoms with Gasteiger partial charge in [0.25, 0.3) is 5.91 Å². The van der Waals surface area contributed by atoms with Gasteiger partial charge in [0.15, 0.2) is 0 Å². The molecule has 5 aromatic rings. The minimum atomic E-state index is -0.215. The summed E-state index contributed by atoms with van der Waals surface area (Å²) >= 11 is 0. The van der Waals surface area contributed by atoms with Crippen molar-refractivity contribution in [2.24, 2.45) is 5.18 Å². The van der Waals surface area contributed by atoms with Crippen molar-refractivity contribution in [1.29, 1.82) is 0 Å². The summed E-state index contributed by atoms with van der Waals surface area (Å²) in [5.41, 5.74) is 6.23. The van der Waals surface area contributed by atoms with Gasteiger partial charge in [-0.1, -0.05) is 31.2 Å². The first-order valence-corrected chi connectivity index (χ1v) is 12.3. The van der Waals surface area contributed by atoms with E-state index >= 15 is 0 Å². The Morgan fingerprint density at radius 3 is 2.26 bits per heavy atom. The maximum atomic E-state index is 12.9. The average Bonchev–Trinajstić information content (AvgIpc) is 2.96. The molecule has 0 saturated carbocycles. The molecule has 38 heavy (non-hydrogen) atoms. The number of pyridine rings is 2. The number of fused-ring (bicyclic) bond motifs is 1. The monoisotopic (exact) mass is 504 g/mol. The number of nitrogens with one attached hydrogen (secondary N) is 3. The predicted molar refractivity (Wildman–Crippen MR) is 154 cm³/mol. The Bertz CT molecular complexity index is 1520. The van der Waals surface area contributed by atoms with Gasteiger partial charge in [-0.25, -0.2) is 0 Å². The second kappa shape index (κ2) is 12.7. The summed E-state index contributed by atoms with van der Waals surface area (Å²) in [6.07, 6.45) is 5.16. The van der Waals surface area contributed by atoms with Gasteiger partial charge in [-0.05, 0) is 78.4 Å². The third kappa shape index (κ3) is 6.55. The summed E-state index contributed by atoms with van der Waals surface area (Å²) in [5.74, 6) is -0.215. The number of aromatic nitrogens is 2. The van der Waals surface area contributed by atoms with E-state index in [0.29, 0.717) is 11.3 Å². The Morgan fingerprint density at radius 1 is 0.763 bits per heavy atom. The molecule has 0 spiro atoms. The molecule has 0 radical (unpaired) electrons. The van der Waals surface area contributed by atoms with Crippen LogP contribution in [-0.4, -0.2) is 15.9 Å². The number of amides is 1. The highest BCUT2D eigenvalue weighted by Crippen LogP contribution is 2.27. The van der Waals surface area contributed by atoms with Crippen LogP contribution in [0.3, 0.4) is 0 Å². The van der Waals surface area contributed by atoms with Crippen molar-refractivity contribution in [3.63, 3.8) is 0 Å². The highest BCUT2D eigenvalue weighted by molar-refractivity contribution is 6.05. The zero-order valence-corrected chi connectivity index (χ0v) is 21.2. The van der Waals surface area contributed by atoms with Crippen LogP contribution in [0.15, 0.2) is 109 Å². The number of anilines is 5. The van der Waals surface area contributed by atoms with Crippen molar-refractivity contribution >= 4 is 45.2 Å². The maximum Gasteiger partial charge on any atom is 0.255 e. The number of hydrogen-bond acceptors (Lipinski definition) is 7. The smallest absolute Gasteiger partial charge is 0.255 e. The van der Waals surface area contributed by atoms with Crippen LogP contribution in [0.2, 0.25) is 0 Å². The second-order valence-corrected chi connectivity index (χ2v) is 8.10. The van der Waals surface area contributed by atoms with Gasteiger partial charge < -0.3 is 16.0 Å². The molecule has 5 rings (SSSR count). The molecule has 2 heterocycles. The van der Waals surface area contributed by atoms with Gasteiger partial charge >= 0.3 is 0 Å². The van der Waals surface area contributed by atoms with Crippen molar-refractivity contribution in [1.82, 2.24) is 9.97 Å². The third-order valence-electron chi connectivity index (χ3n) is 5.57. The van der Waals surface area contributed by atoms with Crippen molar-refractivity contribution in [3.8, 4) is 0 Å². The predicted octanol–water partition coefficient (Wildman–Crippen LogP) is 7.66. The molecule has 0 atom stereocenters.